The van der Waals surface area contributed by atoms with E-state index in [4.69, 9.17) is 0 Å². The summed E-state index contributed by atoms with van der Waals surface area (Å²) in [6.07, 6.45) is 0. The molecule has 1 atom stereocenters. The van der Waals surface area contributed by atoms with Gasteiger partial charge in [-0.25, -0.2) is 0 Å². The van der Waals surface area contributed by atoms with Crippen LogP contribution in [0, 0.1) is 13.8 Å². The summed E-state index contributed by atoms with van der Waals surface area (Å²) in [4.78, 5) is 1.46. The largest absolute Gasteiger partial charge is 0.125 e. The van der Waals surface area contributed by atoms with E-state index in [1.165, 1.54) is 37.2 Å². The highest BCUT2D eigenvalue weighted by atomic mass is 79.9. The molecule has 1 aliphatic heterocycles. The number of thioether (sulfide) groups is 1. The van der Waals surface area contributed by atoms with E-state index in [9.17, 15) is 0 Å². The lowest BCUT2D eigenvalue weighted by Gasteiger charge is -2.17. The van der Waals surface area contributed by atoms with Gasteiger partial charge in [-0.2, -0.15) is 0 Å². The van der Waals surface area contributed by atoms with Gasteiger partial charge in [-0.1, -0.05) is 54.0 Å². The van der Waals surface area contributed by atoms with Gasteiger partial charge in [-0.05, 0) is 53.6 Å². The van der Waals surface area contributed by atoms with Crippen molar-refractivity contribution < 1.29 is 0 Å². The number of aryl methyl sites for hydroxylation is 1. The zero-order valence-electron chi connectivity index (χ0n) is 13.0. The van der Waals surface area contributed by atoms with Crippen LogP contribution in [-0.4, -0.2) is 5.75 Å². The Morgan fingerprint density at radius 1 is 1.14 bits per heavy atom. The Morgan fingerprint density at radius 3 is 2.43 bits per heavy atom. The molecule has 0 radical (unpaired) electrons. The van der Waals surface area contributed by atoms with Crippen molar-refractivity contribution in [1.29, 1.82) is 0 Å². The number of benzene rings is 2. The van der Waals surface area contributed by atoms with Crippen LogP contribution < -0.4 is 0 Å². The smallest absolute Gasteiger partial charge is 0.0237 e. The first-order valence-electron chi connectivity index (χ1n) is 7.51. The number of hydrogen-bond acceptors (Lipinski definition) is 1. The molecule has 0 saturated heterocycles. The Labute approximate surface area is 140 Å². The summed E-state index contributed by atoms with van der Waals surface area (Å²) in [6.45, 7) is 8.93. The van der Waals surface area contributed by atoms with Crippen molar-refractivity contribution in [3.8, 4) is 0 Å². The van der Waals surface area contributed by atoms with Crippen LogP contribution in [0.3, 0.4) is 0 Å². The maximum absolute atomic E-state index is 3.75. The van der Waals surface area contributed by atoms with E-state index in [0.29, 0.717) is 11.8 Å². The van der Waals surface area contributed by atoms with E-state index in [1.54, 1.807) is 0 Å². The second-order valence-corrected chi connectivity index (χ2v) is 8.08. The molecule has 1 aliphatic rings. The van der Waals surface area contributed by atoms with Crippen LogP contribution in [0.1, 0.15) is 53.5 Å². The molecular weight excluding hydrogens is 340 g/mol. The van der Waals surface area contributed by atoms with E-state index < -0.39 is 0 Å². The van der Waals surface area contributed by atoms with Gasteiger partial charge in [0, 0.05) is 21.0 Å². The molecule has 3 rings (SSSR count). The Balaban J connectivity index is 2.03. The third kappa shape index (κ3) is 2.68. The quantitative estimate of drug-likeness (QED) is 0.594. The Hall–Kier alpha value is -0.730. The molecule has 0 aliphatic carbocycles. The lowest BCUT2D eigenvalue weighted by molar-refractivity contribution is 0.859. The number of hydrogen-bond donors (Lipinski definition) is 0. The monoisotopic (exact) mass is 360 g/mol. The summed E-state index contributed by atoms with van der Waals surface area (Å²) < 4.78 is 1.27. The molecule has 0 N–H and O–H groups in total. The lowest BCUT2D eigenvalue weighted by Crippen LogP contribution is -2.03. The van der Waals surface area contributed by atoms with E-state index >= 15 is 0 Å². The fourth-order valence-electron chi connectivity index (χ4n) is 3.12. The van der Waals surface area contributed by atoms with Gasteiger partial charge >= 0.3 is 0 Å². The molecule has 2 heteroatoms. The van der Waals surface area contributed by atoms with Crippen LogP contribution in [0.5, 0.6) is 0 Å². The van der Waals surface area contributed by atoms with Crippen LogP contribution >= 0.6 is 27.7 Å². The van der Waals surface area contributed by atoms with Gasteiger partial charge in [-0.3, -0.25) is 0 Å². The van der Waals surface area contributed by atoms with Crippen LogP contribution in [-0.2, 0) is 0 Å². The molecule has 1 unspecified atom stereocenters. The summed E-state index contributed by atoms with van der Waals surface area (Å²) in [5, 5.41) is 0. The zero-order valence-corrected chi connectivity index (χ0v) is 15.4. The van der Waals surface area contributed by atoms with Crippen molar-refractivity contribution in [3.63, 3.8) is 0 Å². The van der Waals surface area contributed by atoms with Gasteiger partial charge in [-0.15, -0.1) is 11.8 Å². The third-order valence-electron chi connectivity index (χ3n) is 4.45. The lowest BCUT2D eigenvalue weighted by atomic mass is 9.88. The molecule has 0 nitrogen and oxygen atoms in total. The molecule has 0 spiro atoms. The third-order valence-corrected chi connectivity index (χ3v) is 6.82. The van der Waals surface area contributed by atoms with Gasteiger partial charge in [0.2, 0.25) is 0 Å². The maximum atomic E-state index is 3.75. The Bertz CT molecular complexity index is 671. The van der Waals surface area contributed by atoms with Gasteiger partial charge in [0.15, 0.2) is 0 Å². The van der Waals surface area contributed by atoms with Gasteiger partial charge in [0.05, 0.1) is 0 Å². The fourth-order valence-corrected chi connectivity index (χ4v) is 4.87. The molecule has 1 heterocycles. The first-order chi connectivity index (χ1) is 9.99. The minimum Gasteiger partial charge on any atom is -0.125 e. The molecular formula is C19H21BrS. The molecule has 0 bridgehead atoms. The first kappa shape index (κ1) is 15.2. The fraction of sp³-hybridized carbons (Fsp3) is 0.368. The van der Waals surface area contributed by atoms with Gasteiger partial charge < -0.3 is 0 Å². The summed E-state index contributed by atoms with van der Waals surface area (Å²) in [5.74, 6) is 2.29. The minimum absolute atomic E-state index is 0.531. The molecule has 110 valence electrons. The average molecular weight is 361 g/mol. The first-order valence-corrected chi connectivity index (χ1v) is 9.29. The number of rotatable bonds is 2. The Kier molecular flexibility index (Phi) is 4.20. The minimum atomic E-state index is 0.531. The van der Waals surface area contributed by atoms with Crippen LogP contribution in [0.2, 0.25) is 0 Å². The average Bonchev–Trinajstić information content (AvgIpc) is 2.88. The zero-order chi connectivity index (χ0) is 15.1. The molecule has 0 fully saturated rings. The van der Waals surface area contributed by atoms with Crippen molar-refractivity contribution in [2.75, 3.05) is 5.75 Å². The summed E-state index contributed by atoms with van der Waals surface area (Å²) in [5.41, 5.74) is 7.15. The van der Waals surface area contributed by atoms with Crippen LogP contribution in [0.4, 0.5) is 0 Å². The van der Waals surface area contributed by atoms with Crippen LogP contribution in [0.25, 0.3) is 0 Å². The molecule has 2 aromatic rings. The molecule has 2 aromatic carbocycles. The number of halogens is 1. The normalized spacial score (nSPS) is 17.3. The molecule has 21 heavy (non-hydrogen) atoms. The standard InChI is InChI=1S/C19H21BrS/c1-11(2)14-5-7-15(8-6-14)16-10-21-17-9-12(3)19(20)13(4)18(16)17/h5-9,11,16H,10H2,1-4H3. The van der Waals surface area contributed by atoms with E-state index in [1.807, 2.05) is 11.8 Å². The van der Waals surface area contributed by atoms with E-state index in [-0.39, 0.29) is 0 Å². The highest BCUT2D eigenvalue weighted by molar-refractivity contribution is 9.10. The second kappa shape index (κ2) is 5.81. The van der Waals surface area contributed by atoms with Crippen molar-refractivity contribution in [2.45, 2.75) is 44.4 Å². The predicted molar refractivity (Wildman–Crippen MR) is 96.7 cm³/mol. The SMILES string of the molecule is Cc1cc2c(c(C)c1Br)C(c1ccc(C(C)C)cc1)CS2. The van der Waals surface area contributed by atoms with E-state index in [0.717, 1.165) is 5.75 Å². The Morgan fingerprint density at radius 2 is 1.81 bits per heavy atom. The highest BCUT2D eigenvalue weighted by Gasteiger charge is 2.28. The molecule has 0 saturated carbocycles. The van der Waals surface area contributed by atoms with Crippen molar-refractivity contribution in [2.24, 2.45) is 0 Å². The summed E-state index contributed by atoms with van der Waals surface area (Å²) >= 11 is 5.75. The van der Waals surface area contributed by atoms with Crippen molar-refractivity contribution >= 4 is 27.7 Å². The van der Waals surface area contributed by atoms with Crippen molar-refractivity contribution in [3.05, 3.63) is 62.6 Å². The highest BCUT2D eigenvalue weighted by Crippen LogP contribution is 2.47. The summed E-state index contributed by atoms with van der Waals surface area (Å²) in [6, 6.07) is 11.6. The number of fused-ring (bicyclic) bond motifs is 1. The molecule has 0 aromatic heterocycles. The topological polar surface area (TPSA) is 0 Å². The predicted octanol–water partition coefficient (Wildman–Crippen LogP) is 6.43. The second-order valence-electron chi connectivity index (χ2n) is 6.23. The van der Waals surface area contributed by atoms with Crippen LogP contribution in [0.15, 0.2) is 39.7 Å². The molecule has 0 amide bonds. The van der Waals surface area contributed by atoms with Gasteiger partial charge in [0.25, 0.3) is 0 Å². The van der Waals surface area contributed by atoms with Crippen molar-refractivity contribution in [1.82, 2.24) is 0 Å². The van der Waals surface area contributed by atoms with Gasteiger partial charge in [0.1, 0.15) is 0 Å². The van der Waals surface area contributed by atoms with E-state index in [2.05, 4.69) is 74.0 Å². The summed E-state index contributed by atoms with van der Waals surface area (Å²) in [7, 11) is 0. The maximum Gasteiger partial charge on any atom is 0.0237 e.